The molecular formula is C14H25O2. The van der Waals surface area contributed by atoms with Crippen molar-refractivity contribution in [2.75, 3.05) is 6.61 Å². The smallest absolute Gasteiger partial charge is 0.158 e. The summed E-state index contributed by atoms with van der Waals surface area (Å²) in [7, 11) is 0. The quantitative estimate of drug-likeness (QED) is 0.731. The molecule has 0 aromatic carbocycles. The lowest BCUT2D eigenvalue weighted by Gasteiger charge is -2.38. The van der Waals surface area contributed by atoms with Gasteiger partial charge in [-0.3, -0.25) is 0 Å². The van der Waals surface area contributed by atoms with Crippen LogP contribution in [-0.2, 0) is 9.47 Å². The molecule has 0 aromatic rings. The molecule has 2 rings (SSSR count). The molecule has 2 aliphatic rings. The lowest BCUT2D eigenvalue weighted by molar-refractivity contribution is -0.167. The van der Waals surface area contributed by atoms with Gasteiger partial charge < -0.3 is 9.47 Å². The first-order chi connectivity index (χ1) is 7.66. The summed E-state index contributed by atoms with van der Waals surface area (Å²) >= 11 is 0. The summed E-state index contributed by atoms with van der Waals surface area (Å²) in [4.78, 5) is 0. The van der Waals surface area contributed by atoms with E-state index in [1.165, 1.54) is 25.2 Å². The van der Waals surface area contributed by atoms with Crippen molar-refractivity contribution in [2.45, 2.75) is 65.3 Å². The molecule has 2 heteroatoms. The Labute approximate surface area is 99.7 Å². The highest BCUT2D eigenvalue weighted by Gasteiger charge is 2.34. The molecule has 1 radical (unpaired) electrons. The second kappa shape index (κ2) is 5.50. The van der Waals surface area contributed by atoms with E-state index in [1.54, 1.807) is 0 Å². The Kier molecular flexibility index (Phi) is 4.26. The van der Waals surface area contributed by atoms with E-state index in [1.807, 2.05) is 0 Å². The summed E-state index contributed by atoms with van der Waals surface area (Å²) in [5.41, 5.74) is 0. The molecule has 4 unspecified atom stereocenters. The van der Waals surface area contributed by atoms with E-state index in [4.69, 9.17) is 9.47 Å². The van der Waals surface area contributed by atoms with Gasteiger partial charge in [0.05, 0.1) is 6.10 Å². The minimum atomic E-state index is 0.0807. The number of hydrogen-bond acceptors (Lipinski definition) is 2. The molecule has 2 nitrogen and oxygen atoms in total. The lowest BCUT2D eigenvalue weighted by atomic mass is 9.75. The molecule has 0 amide bonds. The number of rotatable bonds is 3. The Hall–Kier alpha value is -0.0800. The standard InChI is InChI=1S/C14H25O2/c1-10(2)12-7-6-11(3)9-13(12)16-14-5-4-8-15-14/h11-14H,4-9H2,1-3H3. The average Bonchev–Trinajstić information content (AvgIpc) is 2.70. The maximum atomic E-state index is 6.15. The van der Waals surface area contributed by atoms with E-state index < -0.39 is 0 Å². The highest BCUT2D eigenvalue weighted by atomic mass is 16.7. The van der Waals surface area contributed by atoms with Crippen LogP contribution in [0.4, 0.5) is 0 Å². The predicted molar refractivity (Wildman–Crippen MR) is 64.9 cm³/mol. The minimum absolute atomic E-state index is 0.0807. The van der Waals surface area contributed by atoms with Gasteiger partial charge in [0, 0.05) is 13.0 Å². The van der Waals surface area contributed by atoms with Crippen molar-refractivity contribution in [2.24, 2.45) is 11.8 Å². The fraction of sp³-hybridized carbons (Fsp3) is 0.929. The average molecular weight is 225 g/mol. The fourth-order valence-corrected chi connectivity index (χ4v) is 2.99. The zero-order valence-electron chi connectivity index (χ0n) is 10.9. The minimum Gasteiger partial charge on any atom is -0.353 e. The van der Waals surface area contributed by atoms with Gasteiger partial charge in [-0.1, -0.05) is 27.2 Å². The van der Waals surface area contributed by atoms with Crippen LogP contribution in [0.15, 0.2) is 0 Å². The summed E-state index contributed by atoms with van der Waals surface area (Å²) in [6.07, 6.45) is 6.57. The zero-order chi connectivity index (χ0) is 11.5. The first kappa shape index (κ1) is 12.4. The van der Waals surface area contributed by atoms with Gasteiger partial charge in [0.1, 0.15) is 0 Å². The van der Waals surface area contributed by atoms with Gasteiger partial charge in [-0.2, -0.15) is 0 Å². The van der Waals surface area contributed by atoms with Crippen molar-refractivity contribution in [1.82, 2.24) is 0 Å². The van der Waals surface area contributed by atoms with Crippen LogP contribution in [0.1, 0.15) is 52.9 Å². The number of ether oxygens (including phenoxy) is 2. The monoisotopic (exact) mass is 225 g/mol. The topological polar surface area (TPSA) is 18.5 Å². The molecule has 93 valence electrons. The van der Waals surface area contributed by atoms with Crippen molar-refractivity contribution in [3.05, 3.63) is 5.92 Å². The molecule has 1 aliphatic carbocycles. The first-order valence-corrected chi connectivity index (χ1v) is 6.74. The maximum Gasteiger partial charge on any atom is 0.158 e. The van der Waals surface area contributed by atoms with Crippen molar-refractivity contribution in [3.8, 4) is 0 Å². The predicted octanol–water partition coefficient (Wildman–Crippen LogP) is 3.56. The van der Waals surface area contributed by atoms with E-state index >= 15 is 0 Å². The highest BCUT2D eigenvalue weighted by Crippen LogP contribution is 2.37. The van der Waals surface area contributed by atoms with Crippen LogP contribution in [0.25, 0.3) is 0 Å². The molecule has 4 atom stereocenters. The first-order valence-electron chi connectivity index (χ1n) is 6.74. The Balaban J connectivity index is 1.91. The van der Waals surface area contributed by atoms with Gasteiger partial charge in [0.25, 0.3) is 0 Å². The highest BCUT2D eigenvalue weighted by molar-refractivity contribution is 4.95. The zero-order valence-corrected chi connectivity index (χ0v) is 10.9. The van der Waals surface area contributed by atoms with Crippen molar-refractivity contribution >= 4 is 0 Å². The van der Waals surface area contributed by atoms with Crippen LogP contribution in [-0.4, -0.2) is 19.0 Å². The molecular weight excluding hydrogens is 200 g/mol. The van der Waals surface area contributed by atoms with Crippen molar-refractivity contribution in [3.63, 3.8) is 0 Å². The third-order valence-corrected chi connectivity index (χ3v) is 4.01. The largest absolute Gasteiger partial charge is 0.353 e. The van der Waals surface area contributed by atoms with E-state index in [-0.39, 0.29) is 6.29 Å². The Morgan fingerprint density at radius 3 is 2.62 bits per heavy atom. The normalized spacial score (nSPS) is 40.5. The Morgan fingerprint density at radius 1 is 1.19 bits per heavy atom. The lowest BCUT2D eigenvalue weighted by Crippen LogP contribution is -2.36. The van der Waals surface area contributed by atoms with Crippen molar-refractivity contribution < 1.29 is 9.47 Å². The van der Waals surface area contributed by atoms with Gasteiger partial charge in [-0.15, -0.1) is 0 Å². The maximum absolute atomic E-state index is 6.15. The molecule has 2 fully saturated rings. The molecule has 1 saturated carbocycles. The molecule has 1 aliphatic heterocycles. The second-order valence-electron chi connectivity index (χ2n) is 5.72. The number of hydrogen-bond donors (Lipinski definition) is 0. The summed E-state index contributed by atoms with van der Waals surface area (Å²) in [5.74, 6) is 2.98. The van der Waals surface area contributed by atoms with Gasteiger partial charge >= 0.3 is 0 Å². The van der Waals surface area contributed by atoms with Gasteiger partial charge in [0.15, 0.2) is 6.29 Å². The van der Waals surface area contributed by atoms with Crippen LogP contribution in [0.2, 0.25) is 0 Å². The summed E-state index contributed by atoms with van der Waals surface area (Å²) in [5, 5.41) is 0. The van der Waals surface area contributed by atoms with Crippen LogP contribution in [0.3, 0.4) is 0 Å². The third kappa shape index (κ3) is 2.98. The van der Waals surface area contributed by atoms with Gasteiger partial charge in [0.2, 0.25) is 0 Å². The van der Waals surface area contributed by atoms with Gasteiger partial charge in [-0.05, 0) is 37.0 Å². The fourth-order valence-electron chi connectivity index (χ4n) is 2.99. The third-order valence-electron chi connectivity index (χ3n) is 4.01. The van der Waals surface area contributed by atoms with Crippen LogP contribution >= 0.6 is 0 Å². The molecule has 0 bridgehead atoms. The molecule has 16 heavy (non-hydrogen) atoms. The van der Waals surface area contributed by atoms with E-state index in [0.29, 0.717) is 12.0 Å². The van der Waals surface area contributed by atoms with Crippen LogP contribution < -0.4 is 0 Å². The van der Waals surface area contributed by atoms with E-state index in [0.717, 1.165) is 25.4 Å². The molecule has 1 saturated heterocycles. The van der Waals surface area contributed by atoms with E-state index in [9.17, 15) is 0 Å². The molecule has 1 heterocycles. The summed E-state index contributed by atoms with van der Waals surface area (Å²) in [6, 6.07) is 0. The van der Waals surface area contributed by atoms with Crippen LogP contribution in [0, 0.1) is 17.8 Å². The molecule has 0 N–H and O–H groups in total. The van der Waals surface area contributed by atoms with Crippen LogP contribution in [0.5, 0.6) is 0 Å². The summed E-state index contributed by atoms with van der Waals surface area (Å²) < 4.78 is 11.7. The summed E-state index contributed by atoms with van der Waals surface area (Å²) in [6.45, 7) is 7.71. The molecule has 0 aromatic heterocycles. The van der Waals surface area contributed by atoms with E-state index in [2.05, 4.69) is 20.8 Å². The SMILES string of the molecule is C[C](C)C1CCC(C)CC1OC1CCCO1. The van der Waals surface area contributed by atoms with Crippen molar-refractivity contribution in [1.29, 1.82) is 0 Å². The Morgan fingerprint density at radius 2 is 2.00 bits per heavy atom. The Bertz CT molecular complexity index is 209. The molecule has 0 spiro atoms. The van der Waals surface area contributed by atoms with Gasteiger partial charge in [-0.25, -0.2) is 0 Å². The second-order valence-corrected chi connectivity index (χ2v) is 5.72.